The molecule has 17 heavy (non-hydrogen) atoms. The van der Waals surface area contributed by atoms with Crippen LogP contribution in [0.4, 0.5) is 0 Å². The molecule has 4 bridgehead atoms. The first-order valence-corrected chi connectivity index (χ1v) is 6.91. The van der Waals surface area contributed by atoms with Crippen molar-refractivity contribution in [2.24, 2.45) is 17.3 Å². The molecule has 0 saturated heterocycles. The van der Waals surface area contributed by atoms with E-state index in [-0.39, 0.29) is 11.4 Å². The molecule has 96 valence electrons. The summed E-state index contributed by atoms with van der Waals surface area (Å²) in [6.45, 7) is 2.37. The van der Waals surface area contributed by atoms with Crippen LogP contribution in [0, 0.1) is 17.3 Å². The fourth-order valence-corrected chi connectivity index (χ4v) is 4.91. The Kier molecular flexibility index (Phi) is 2.51. The van der Waals surface area contributed by atoms with Gasteiger partial charge in [0.15, 0.2) is 0 Å². The summed E-state index contributed by atoms with van der Waals surface area (Å²) in [5.74, 6) is 1.23. The number of hydrogen-bond acceptors (Lipinski definition) is 3. The molecule has 2 unspecified atom stereocenters. The zero-order valence-electron chi connectivity index (χ0n) is 10.6. The number of rotatable bonds is 3. The number of carbonyl (C=O) groups is 1. The molecule has 0 aromatic heterocycles. The summed E-state index contributed by atoms with van der Waals surface area (Å²) in [6.07, 6.45) is 6.86. The van der Waals surface area contributed by atoms with Gasteiger partial charge in [-0.05, 0) is 50.4 Å². The molecule has 1 N–H and O–H groups in total. The third-order valence-electron chi connectivity index (χ3n) is 4.98. The van der Waals surface area contributed by atoms with E-state index in [0.717, 1.165) is 32.1 Å². The number of ether oxygens (including phenoxy) is 1. The SMILES string of the molecule is CCC(=O)OCC12CC3CC(CC(O)(C3)C1)C2. The first-order chi connectivity index (χ1) is 8.03. The summed E-state index contributed by atoms with van der Waals surface area (Å²) < 4.78 is 5.37. The second-order valence-electron chi connectivity index (χ2n) is 6.70. The van der Waals surface area contributed by atoms with Gasteiger partial charge in [0, 0.05) is 11.8 Å². The van der Waals surface area contributed by atoms with Crippen LogP contribution >= 0.6 is 0 Å². The van der Waals surface area contributed by atoms with E-state index in [4.69, 9.17) is 4.74 Å². The highest BCUT2D eigenvalue weighted by Gasteiger charge is 2.57. The molecule has 0 aliphatic heterocycles. The van der Waals surface area contributed by atoms with Crippen molar-refractivity contribution in [1.29, 1.82) is 0 Å². The molecule has 0 heterocycles. The van der Waals surface area contributed by atoms with Gasteiger partial charge in [-0.3, -0.25) is 4.79 Å². The maximum absolute atomic E-state index is 11.3. The molecule has 3 heteroatoms. The molecule has 4 aliphatic carbocycles. The zero-order chi connectivity index (χ0) is 12.1. The van der Waals surface area contributed by atoms with Crippen molar-refractivity contribution < 1.29 is 14.6 Å². The molecule has 4 saturated carbocycles. The molecule has 0 amide bonds. The lowest BCUT2D eigenvalue weighted by Gasteiger charge is -2.59. The lowest BCUT2D eigenvalue weighted by Crippen LogP contribution is -2.57. The lowest BCUT2D eigenvalue weighted by atomic mass is 9.48. The summed E-state index contributed by atoms with van der Waals surface area (Å²) in [6, 6.07) is 0. The first-order valence-electron chi connectivity index (χ1n) is 6.91. The number of esters is 1. The van der Waals surface area contributed by atoms with Crippen molar-refractivity contribution in [3.05, 3.63) is 0 Å². The smallest absolute Gasteiger partial charge is 0.305 e. The summed E-state index contributed by atoms with van der Waals surface area (Å²) in [5.41, 5.74) is -0.341. The van der Waals surface area contributed by atoms with Crippen molar-refractivity contribution in [2.75, 3.05) is 6.61 Å². The van der Waals surface area contributed by atoms with Crippen molar-refractivity contribution in [3.63, 3.8) is 0 Å². The standard InChI is InChI=1S/C14H22O3/c1-2-12(15)17-9-13-4-10-3-11(5-13)7-14(16,6-10)8-13/h10-11,16H,2-9H2,1H3. The molecule has 0 aromatic carbocycles. The normalized spacial score (nSPS) is 47.2. The van der Waals surface area contributed by atoms with E-state index in [2.05, 4.69) is 0 Å². The van der Waals surface area contributed by atoms with Crippen LogP contribution in [0.1, 0.15) is 51.9 Å². The van der Waals surface area contributed by atoms with Crippen LogP contribution in [0.3, 0.4) is 0 Å². The lowest BCUT2D eigenvalue weighted by molar-refractivity contribution is -0.186. The summed E-state index contributed by atoms with van der Waals surface area (Å²) in [5, 5.41) is 10.5. The third kappa shape index (κ3) is 1.99. The van der Waals surface area contributed by atoms with E-state index < -0.39 is 5.60 Å². The average Bonchev–Trinajstić information content (AvgIpc) is 2.22. The maximum Gasteiger partial charge on any atom is 0.305 e. The summed E-state index contributed by atoms with van der Waals surface area (Å²) >= 11 is 0. The van der Waals surface area contributed by atoms with Crippen LogP contribution in [-0.2, 0) is 9.53 Å². The van der Waals surface area contributed by atoms with Gasteiger partial charge < -0.3 is 9.84 Å². The molecule has 3 nitrogen and oxygen atoms in total. The predicted octanol–water partition coefficient (Wildman–Crippen LogP) is 2.27. The molecule has 2 atom stereocenters. The second-order valence-corrected chi connectivity index (χ2v) is 6.70. The predicted molar refractivity (Wildman–Crippen MR) is 63.3 cm³/mol. The van der Waals surface area contributed by atoms with Gasteiger partial charge in [-0.15, -0.1) is 0 Å². The molecular weight excluding hydrogens is 216 g/mol. The van der Waals surface area contributed by atoms with Crippen molar-refractivity contribution in [1.82, 2.24) is 0 Å². The Labute approximate surface area is 103 Å². The van der Waals surface area contributed by atoms with E-state index in [1.165, 1.54) is 6.42 Å². The van der Waals surface area contributed by atoms with Gasteiger partial charge in [-0.1, -0.05) is 6.92 Å². The highest BCUT2D eigenvalue weighted by molar-refractivity contribution is 5.68. The molecule has 0 aromatic rings. The number of carbonyl (C=O) groups excluding carboxylic acids is 1. The van der Waals surface area contributed by atoms with Crippen LogP contribution in [0.15, 0.2) is 0 Å². The van der Waals surface area contributed by atoms with E-state index in [0.29, 0.717) is 24.9 Å². The Morgan fingerprint density at radius 2 is 1.94 bits per heavy atom. The quantitative estimate of drug-likeness (QED) is 0.767. The fourth-order valence-electron chi connectivity index (χ4n) is 4.91. The molecule has 4 aliphatic rings. The van der Waals surface area contributed by atoms with Gasteiger partial charge in [0.2, 0.25) is 0 Å². The minimum absolute atomic E-state index is 0.101. The minimum atomic E-state index is -0.442. The third-order valence-corrected chi connectivity index (χ3v) is 4.98. The van der Waals surface area contributed by atoms with E-state index >= 15 is 0 Å². The van der Waals surface area contributed by atoms with Crippen molar-refractivity contribution in [3.8, 4) is 0 Å². The highest BCUT2D eigenvalue weighted by Crippen LogP contribution is 2.61. The van der Waals surface area contributed by atoms with Crippen molar-refractivity contribution in [2.45, 2.75) is 57.5 Å². The minimum Gasteiger partial charge on any atom is -0.465 e. The van der Waals surface area contributed by atoms with Gasteiger partial charge in [0.05, 0.1) is 12.2 Å². The summed E-state index contributed by atoms with van der Waals surface area (Å²) in [4.78, 5) is 11.3. The topological polar surface area (TPSA) is 46.5 Å². The Hall–Kier alpha value is -0.570. The van der Waals surface area contributed by atoms with Crippen LogP contribution < -0.4 is 0 Å². The Balaban J connectivity index is 1.72. The van der Waals surface area contributed by atoms with Crippen LogP contribution in [-0.4, -0.2) is 23.3 Å². The number of hydrogen-bond donors (Lipinski definition) is 1. The molecule has 0 spiro atoms. The monoisotopic (exact) mass is 238 g/mol. The Morgan fingerprint density at radius 1 is 1.29 bits per heavy atom. The summed E-state index contributed by atoms with van der Waals surface area (Å²) in [7, 11) is 0. The van der Waals surface area contributed by atoms with E-state index in [1.54, 1.807) is 0 Å². The highest BCUT2D eigenvalue weighted by atomic mass is 16.5. The second kappa shape index (κ2) is 3.71. The Bertz CT molecular complexity index is 322. The molecule has 0 radical (unpaired) electrons. The van der Waals surface area contributed by atoms with E-state index in [1.807, 2.05) is 6.92 Å². The first kappa shape index (κ1) is 11.5. The maximum atomic E-state index is 11.3. The van der Waals surface area contributed by atoms with Gasteiger partial charge in [0.25, 0.3) is 0 Å². The largest absolute Gasteiger partial charge is 0.465 e. The average molecular weight is 238 g/mol. The zero-order valence-corrected chi connectivity index (χ0v) is 10.6. The van der Waals surface area contributed by atoms with E-state index in [9.17, 15) is 9.90 Å². The molecule has 4 fully saturated rings. The van der Waals surface area contributed by atoms with Crippen molar-refractivity contribution >= 4 is 5.97 Å². The van der Waals surface area contributed by atoms with Crippen LogP contribution in [0.2, 0.25) is 0 Å². The van der Waals surface area contributed by atoms with Gasteiger partial charge in [0.1, 0.15) is 0 Å². The van der Waals surface area contributed by atoms with Crippen LogP contribution in [0.25, 0.3) is 0 Å². The van der Waals surface area contributed by atoms with Crippen LogP contribution in [0.5, 0.6) is 0 Å². The van der Waals surface area contributed by atoms with Gasteiger partial charge in [-0.2, -0.15) is 0 Å². The molecular formula is C14H22O3. The Morgan fingerprint density at radius 3 is 2.47 bits per heavy atom. The fraction of sp³-hybridized carbons (Fsp3) is 0.929. The molecule has 4 rings (SSSR count). The van der Waals surface area contributed by atoms with Gasteiger partial charge in [-0.25, -0.2) is 0 Å². The van der Waals surface area contributed by atoms with Gasteiger partial charge >= 0.3 is 5.97 Å². The number of aliphatic hydroxyl groups is 1.